The molecule has 17 heteroatoms. The molecule has 0 aromatic heterocycles. The average molecular weight is 908 g/mol. The van der Waals surface area contributed by atoms with E-state index in [1.54, 1.807) is 53.3 Å². The van der Waals surface area contributed by atoms with E-state index in [2.05, 4.69) is 0 Å². The molecule has 3 rings (SSSR count). The number of esters is 2. The molecular formula is C45H85N3O13S. The molecule has 6 N–H and O–H groups in total. The van der Waals surface area contributed by atoms with Gasteiger partial charge in [0.25, 0.3) is 0 Å². The molecule has 3 aliphatic heterocycles. The van der Waals surface area contributed by atoms with Gasteiger partial charge in [0.1, 0.15) is 30.0 Å². The van der Waals surface area contributed by atoms with Gasteiger partial charge in [-0.1, -0.05) is 41.5 Å². The molecule has 0 bridgehead atoms. The fourth-order valence-electron chi connectivity index (χ4n) is 9.48. The standard InChI is InChI=1S/C45H85N3O13S/c1-18-32-45(13,54)36(49)28(6)48(16)22-24(2)20-43(11,53)38(26(4)34(27(5)39(51)58-32)59-33-21-44(12,55-17)37(50)29(7)57-33)61-41-35(31(47(14)15)19-25(3)56-41)60-40(52)30(46)23-62-42(8,9)10/h24-38,41,49-50,53-54H,18-23,46H2,1-17H3/t24-,25-,26+,27-,28-,29+,30+,31+,32-,33+,34+,35-,36-,37+,38-,41+,43-,44-,45-/m1/s1. The van der Waals surface area contributed by atoms with Crippen LogP contribution in [0.5, 0.6) is 0 Å². The summed E-state index contributed by atoms with van der Waals surface area (Å²) in [6.45, 7) is 24.1. The zero-order chi connectivity index (χ0) is 47.4. The highest BCUT2D eigenvalue weighted by Gasteiger charge is 2.53. The average Bonchev–Trinajstić information content (AvgIpc) is 3.17. The van der Waals surface area contributed by atoms with Gasteiger partial charge in [-0.15, -0.1) is 0 Å². The van der Waals surface area contributed by atoms with Crippen LogP contribution in [0.3, 0.4) is 0 Å². The Bertz CT molecular complexity index is 1440. The van der Waals surface area contributed by atoms with Gasteiger partial charge in [0.05, 0.1) is 47.6 Å². The molecule has 3 heterocycles. The summed E-state index contributed by atoms with van der Waals surface area (Å²) in [5.41, 5.74) is 1.88. The summed E-state index contributed by atoms with van der Waals surface area (Å²) < 4.78 is 44.6. The maximum absolute atomic E-state index is 14.5. The van der Waals surface area contributed by atoms with Crippen LogP contribution in [0.2, 0.25) is 0 Å². The predicted molar refractivity (Wildman–Crippen MR) is 238 cm³/mol. The summed E-state index contributed by atoms with van der Waals surface area (Å²) in [4.78, 5) is 32.1. The second-order valence-corrected chi connectivity index (χ2v) is 22.5. The monoisotopic (exact) mass is 908 g/mol. The number of nitrogens with two attached hydrogens (primary N) is 1. The SMILES string of the molecule is CC[C@H]1OC(=O)[C@H](C)[C@@H](O[C@H]2C[C@@](C)(OC)[C@@H](O)[C@H](C)O2)[C@H](C)[C@@H](O[C@@H]2O[C@H](C)C[C@H](N(C)C)[C@H]2OC(=O)[C@@H](N)CSC(C)(C)C)[C@](C)(O)C[C@@H](C)CN(C)[C@H](C)[C@@H](O)[C@]1(C)O. The molecule has 0 saturated carbocycles. The summed E-state index contributed by atoms with van der Waals surface area (Å²) >= 11 is 1.56. The van der Waals surface area contributed by atoms with Crippen LogP contribution in [0.1, 0.15) is 116 Å². The first-order valence-electron chi connectivity index (χ1n) is 22.6. The summed E-state index contributed by atoms with van der Waals surface area (Å²) in [7, 11) is 7.12. The van der Waals surface area contributed by atoms with Crippen molar-refractivity contribution in [2.75, 3.05) is 40.6 Å². The minimum absolute atomic E-state index is 0.0984. The Kier molecular flexibility index (Phi) is 19.6. The summed E-state index contributed by atoms with van der Waals surface area (Å²) in [6, 6.07) is -1.85. The summed E-state index contributed by atoms with van der Waals surface area (Å²) in [5.74, 6) is -3.08. The lowest BCUT2D eigenvalue weighted by molar-refractivity contribution is -0.319. The topological polar surface area (TPSA) is 212 Å². The van der Waals surface area contributed by atoms with E-state index in [9.17, 15) is 30.0 Å². The zero-order valence-electron chi connectivity index (χ0n) is 40.8. The lowest BCUT2D eigenvalue weighted by atomic mass is 9.77. The normalized spacial score (nSPS) is 44.2. The van der Waals surface area contributed by atoms with E-state index in [1.807, 2.05) is 72.5 Å². The fraction of sp³-hybridized carbons (Fsp3) is 0.956. The number of carbonyl (C=O) groups is 2. The Morgan fingerprint density at radius 3 is 2.16 bits per heavy atom. The van der Waals surface area contributed by atoms with Gasteiger partial charge in [-0.05, 0) is 94.8 Å². The molecule has 16 nitrogen and oxygen atoms in total. The van der Waals surface area contributed by atoms with Gasteiger partial charge in [0.2, 0.25) is 0 Å². The van der Waals surface area contributed by atoms with Gasteiger partial charge in [-0.3, -0.25) is 9.59 Å². The van der Waals surface area contributed by atoms with Crippen LogP contribution < -0.4 is 5.73 Å². The third-order valence-corrected chi connectivity index (χ3v) is 14.8. The number of thioether (sulfide) groups is 1. The van der Waals surface area contributed by atoms with E-state index >= 15 is 0 Å². The molecule has 3 saturated heterocycles. The number of nitrogens with zero attached hydrogens (tertiary/aromatic N) is 2. The van der Waals surface area contributed by atoms with E-state index in [4.69, 9.17) is 38.9 Å². The molecule has 3 fully saturated rings. The van der Waals surface area contributed by atoms with Crippen LogP contribution in [0.4, 0.5) is 0 Å². The number of aliphatic hydroxyl groups excluding tert-OH is 2. The number of hydrogen-bond donors (Lipinski definition) is 5. The van der Waals surface area contributed by atoms with E-state index in [0.717, 1.165) is 0 Å². The molecule has 19 atom stereocenters. The van der Waals surface area contributed by atoms with Crippen molar-refractivity contribution >= 4 is 23.7 Å². The minimum atomic E-state index is -1.84. The van der Waals surface area contributed by atoms with Crippen molar-refractivity contribution in [3.8, 4) is 0 Å². The van der Waals surface area contributed by atoms with Crippen molar-refractivity contribution < 1.29 is 63.2 Å². The van der Waals surface area contributed by atoms with Gasteiger partial charge in [0, 0.05) is 42.5 Å². The Balaban J connectivity index is 2.23. The first-order valence-corrected chi connectivity index (χ1v) is 23.5. The van der Waals surface area contributed by atoms with Crippen molar-refractivity contribution in [2.24, 2.45) is 23.5 Å². The smallest absolute Gasteiger partial charge is 0.324 e. The highest BCUT2D eigenvalue weighted by molar-refractivity contribution is 8.00. The van der Waals surface area contributed by atoms with Crippen LogP contribution >= 0.6 is 11.8 Å². The van der Waals surface area contributed by atoms with Crippen LogP contribution in [-0.2, 0) is 42.7 Å². The second kappa shape index (κ2) is 22.1. The van der Waals surface area contributed by atoms with E-state index in [-0.39, 0.29) is 42.1 Å². The number of cyclic esters (lactones) is 1. The predicted octanol–water partition coefficient (Wildman–Crippen LogP) is 3.31. The highest BCUT2D eigenvalue weighted by atomic mass is 32.2. The Morgan fingerprint density at radius 2 is 1.61 bits per heavy atom. The summed E-state index contributed by atoms with van der Waals surface area (Å²) in [6.07, 6.45) is -8.82. The van der Waals surface area contributed by atoms with Crippen LogP contribution in [0.25, 0.3) is 0 Å². The molecule has 0 radical (unpaired) electrons. The number of rotatable bonds is 11. The third-order valence-electron chi connectivity index (χ3n) is 13.4. The van der Waals surface area contributed by atoms with Crippen molar-refractivity contribution in [1.29, 1.82) is 0 Å². The molecule has 0 aliphatic carbocycles. The van der Waals surface area contributed by atoms with Gasteiger partial charge >= 0.3 is 11.9 Å². The minimum Gasteiger partial charge on any atom is -0.459 e. The Morgan fingerprint density at radius 1 is 1.00 bits per heavy atom. The number of methoxy groups -OCH3 is 1. The van der Waals surface area contributed by atoms with E-state index < -0.39 is 108 Å². The fourth-order valence-corrected chi connectivity index (χ4v) is 10.3. The molecule has 0 amide bonds. The number of ether oxygens (including phenoxy) is 7. The largest absolute Gasteiger partial charge is 0.459 e. The van der Waals surface area contributed by atoms with Crippen LogP contribution in [-0.4, -0.2) is 184 Å². The number of aliphatic hydroxyl groups is 4. The second-order valence-electron chi connectivity index (χ2n) is 20.6. The van der Waals surface area contributed by atoms with Crippen LogP contribution in [0.15, 0.2) is 0 Å². The zero-order valence-corrected chi connectivity index (χ0v) is 41.6. The van der Waals surface area contributed by atoms with E-state index in [1.165, 1.54) is 14.0 Å². The van der Waals surface area contributed by atoms with Crippen LogP contribution in [0, 0.1) is 17.8 Å². The van der Waals surface area contributed by atoms with Gasteiger partial charge in [-0.2, -0.15) is 11.8 Å². The van der Waals surface area contributed by atoms with Crippen molar-refractivity contribution in [2.45, 2.75) is 217 Å². The molecule has 0 unspecified atom stereocenters. The first kappa shape index (κ1) is 55.1. The third kappa shape index (κ3) is 13.7. The van der Waals surface area contributed by atoms with Gasteiger partial charge in [0.15, 0.2) is 18.7 Å². The van der Waals surface area contributed by atoms with Crippen molar-refractivity contribution in [3.05, 3.63) is 0 Å². The number of hydrogen-bond acceptors (Lipinski definition) is 17. The van der Waals surface area contributed by atoms with Gasteiger partial charge < -0.3 is 69.1 Å². The molecule has 3 aliphatic rings. The Hall–Kier alpha value is -1.19. The highest BCUT2D eigenvalue weighted by Crippen LogP contribution is 2.41. The lowest BCUT2D eigenvalue weighted by Crippen LogP contribution is -2.61. The molecule has 0 spiro atoms. The van der Waals surface area contributed by atoms with E-state index in [0.29, 0.717) is 18.7 Å². The summed E-state index contributed by atoms with van der Waals surface area (Å²) in [5, 5.41) is 47.4. The molecule has 62 heavy (non-hydrogen) atoms. The first-order chi connectivity index (χ1) is 28.4. The molecule has 364 valence electrons. The molecular weight excluding hydrogens is 823 g/mol. The quantitative estimate of drug-likeness (QED) is 0.188. The number of carbonyl (C=O) groups excluding carboxylic acids is 2. The molecule has 0 aromatic carbocycles. The lowest BCUT2D eigenvalue weighted by Gasteiger charge is -2.49. The van der Waals surface area contributed by atoms with Gasteiger partial charge in [-0.25, -0.2) is 0 Å². The Labute approximate surface area is 376 Å². The number of likely N-dealkylation sites (N-methyl/N-ethyl adjacent to an activating group) is 2. The maximum Gasteiger partial charge on any atom is 0.324 e. The van der Waals surface area contributed by atoms with Crippen molar-refractivity contribution in [3.63, 3.8) is 0 Å². The van der Waals surface area contributed by atoms with Crippen molar-refractivity contribution in [1.82, 2.24) is 9.80 Å². The maximum atomic E-state index is 14.5. The molecule has 0 aromatic rings.